The zero-order valence-electron chi connectivity index (χ0n) is 13.4. The second-order valence-corrected chi connectivity index (χ2v) is 6.46. The number of carbonyl (C=O) groups is 1. The summed E-state index contributed by atoms with van der Waals surface area (Å²) < 4.78 is 15.1. The molecule has 1 aromatic carbocycles. The highest BCUT2D eigenvalue weighted by atomic mass is 19.1. The van der Waals surface area contributed by atoms with E-state index in [1.807, 2.05) is 16.9 Å². The highest BCUT2D eigenvalue weighted by molar-refractivity contribution is 5.94. The minimum absolute atomic E-state index is 0.114. The number of halogens is 1. The van der Waals surface area contributed by atoms with E-state index in [4.69, 9.17) is 0 Å². The SMILES string of the molecule is O=C(N[C@@H]1CC(Cn2cccn2)C[C@H]1O)c1nc2ccc(F)cc2[nH]1. The van der Waals surface area contributed by atoms with Crippen molar-refractivity contribution in [3.8, 4) is 0 Å². The molecule has 0 saturated heterocycles. The standard InChI is InChI=1S/C17H18FN5O2/c18-11-2-3-12-13(8-11)21-16(20-12)17(25)22-14-6-10(7-15(14)24)9-23-5-1-4-19-23/h1-5,8,10,14-15,24H,6-7,9H2,(H,20,21)(H,22,25)/t10?,14-,15-/m1/s1. The van der Waals surface area contributed by atoms with E-state index in [9.17, 15) is 14.3 Å². The maximum absolute atomic E-state index is 13.2. The summed E-state index contributed by atoms with van der Waals surface area (Å²) in [4.78, 5) is 19.4. The summed E-state index contributed by atoms with van der Waals surface area (Å²) >= 11 is 0. The minimum Gasteiger partial charge on any atom is -0.391 e. The van der Waals surface area contributed by atoms with Crippen molar-refractivity contribution in [2.45, 2.75) is 31.5 Å². The van der Waals surface area contributed by atoms with E-state index in [1.54, 1.807) is 6.20 Å². The van der Waals surface area contributed by atoms with Gasteiger partial charge in [0.05, 0.1) is 23.2 Å². The maximum atomic E-state index is 13.2. The zero-order valence-corrected chi connectivity index (χ0v) is 13.4. The van der Waals surface area contributed by atoms with Gasteiger partial charge in [-0.3, -0.25) is 9.48 Å². The maximum Gasteiger partial charge on any atom is 0.287 e. The second kappa shape index (κ2) is 6.29. The Morgan fingerprint density at radius 3 is 3.12 bits per heavy atom. The van der Waals surface area contributed by atoms with Gasteiger partial charge in [-0.25, -0.2) is 9.37 Å². The van der Waals surface area contributed by atoms with Gasteiger partial charge >= 0.3 is 0 Å². The van der Waals surface area contributed by atoms with Crippen molar-refractivity contribution in [1.29, 1.82) is 0 Å². The quantitative estimate of drug-likeness (QED) is 0.668. The molecule has 1 aliphatic rings. The van der Waals surface area contributed by atoms with Crippen molar-refractivity contribution < 1.29 is 14.3 Å². The molecule has 2 aromatic heterocycles. The van der Waals surface area contributed by atoms with E-state index in [0.29, 0.717) is 30.4 Å². The van der Waals surface area contributed by atoms with Crippen LogP contribution in [-0.4, -0.2) is 42.9 Å². The summed E-state index contributed by atoms with van der Waals surface area (Å²) in [6.45, 7) is 0.709. The zero-order chi connectivity index (χ0) is 17.4. The molecule has 4 rings (SSSR count). The molecule has 130 valence electrons. The minimum atomic E-state index is -0.605. The molecule has 1 unspecified atom stereocenters. The smallest absolute Gasteiger partial charge is 0.287 e. The summed E-state index contributed by atoms with van der Waals surface area (Å²) in [6, 6.07) is 5.63. The molecule has 2 heterocycles. The van der Waals surface area contributed by atoms with Gasteiger partial charge in [0, 0.05) is 18.9 Å². The predicted molar refractivity (Wildman–Crippen MR) is 88.3 cm³/mol. The van der Waals surface area contributed by atoms with Gasteiger partial charge in [-0.1, -0.05) is 0 Å². The van der Waals surface area contributed by atoms with Crippen molar-refractivity contribution >= 4 is 16.9 Å². The number of imidazole rings is 1. The van der Waals surface area contributed by atoms with Gasteiger partial charge in [0.2, 0.25) is 0 Å². The molecule has 0 radical (unpaired) electrons. The van der Waals surface area contributed by atoms with Gasteiger partial charge in [0.15, 0.2) is 5.82 Å². The lowest BCUT2D eigenvalue weighted by Gasteiger charge is -2.15. The van der Waals surface area contributed by atoms with Crippen LogP contribution in [0.4, 0.5) is 4.39 Å². The third kappa shape index (κ3) is 3.25. The molecule has 8 heteroatoms. The topological polar surface area (TPSA) is 95.8 Å². The Morgan fingerprint density at radius 2 is 2.32 bits per heavy atom. The third-order valence-electron chi connectivity index (χ3n) is 4.61. The summed E-state index contributed by atoms with van der Waals surface area (Å²) in [5, 5.41) is 17.2. The fourth-order valence-corrected chi connectivity index (χ4v) is 3.42. The van der Waals surface area contributed by atoms with Crippen LogP contribution in [0.25, 0.3) is 11.0 Å². The van der Waals surface area contributed by atoms with Crippen LogP contribution in [0.5, 0.6) is 0 Å². The molecule has 3 atom stereocenters. The molecule has 3 N–H and O–H groups in total. The summed E-state index contributed by atoms with van der Waals surface area (Å²) in [7, 11) is 0. The number of amides is 1. The average Bonchev–Trinajstić information content (AvgIpc) is 3.28. The molecule has 0 aliphatic heterocycles. The van der Waals surface area contributed by atoms with Crippen molar-refractivity contribution in [3.63, 3.8) is 0 Å². The molecule has 1 saturated carbocycles. The van der Waals surface area contributed by atoms with Gasteiger partial charge in [-0.15, -0.1) is 0 Å². The van der Waals surface area contributed by atoms with Crippen molar-refractivity contribution in [2.75, 3.05) is 0 Å². The Labute approximate surface area is 142 Å². The monoisotopic (exact) mass is 343 g/mol. The average molecular weight is 343 g/mol. The van der Waals surface area contributed by atoms with Gasteiger partial charge < -0.3 is 15.4 Å². The Hall–Kier alpha value is -2.74. The summed E-state index contributed by atoms with van der Waals surface area (Å²) in [6.07, 6.45) is 4.27. The number of hydrogen-bond acceptors (Lipinski definition) is 4. The number of aliphatic hydroxyl groups is 1. The van der Waals surface area contributed by atoms with Gasteiger partial charge in [-0.05, 0) is 43.0 Å². The number of H-pyrrole nitrogens is 1. The van der Waals surface area contributed by atoms with Gasteiger partial charge in [-0.2, -0.15) is 5.10 Å². The number of benzene rings is 1. The molecule has 1 fully saturated rings. The lowest BCUT2D eigenvalue weighted by Crippen LogP contribution is -2.40. The first-order valence-corrected chi connectivity index (χ1v) is 8.20. The van der Waals surface area contributed by atoms with Crippen LogP contribution in [0.2, 0.25) is 0 Å². The summed E-state index contributed by atoms with van der Waals surface area (Å²) in [5.41, 5.74) is 0.990. The Kier molecular flexibility index (Phi) is 3.96. The fourth-order valence-electron chi connectivity index (χ4n) is 3.42. The second-order valence-electron chi connectivity index (χ2n) is 6.46. The molecular weight excluding hydrogens is 325 g/mol. The molecule has 0 spiro atoms. The number of nitrogens with one attached hydrogen (secondary N) is 2. The van der Waals surface area contributed by atoms with Crippen LogP contribution in [-0.2, 0) is 6.54 Å². The highest BCUT2D eigenvalue weighted by Gasteiger charge is 2.34. The van der Waals surface area contributed by atoms with E-state index in [1.165, 1.54) is 18.2 Å². The van der Waals surface area contributed by atoms with Crippen LogP contribution in [0.1, 0.15) is 23.5 Å². The first-order chi connectivity index (χ1) is 12.1. The van der Waals surface area contributed by atoms with Gasteiger partial charge in [0.1, 0.15) is 5.82 Å². The number of aromatic amines is 1. The van der Waals surface area contributed by atoms with Crippen molar-refractivity contribution in [1.82, 2.24) is 25.1 Å². The predicted octanol–water partition coefficient (Wildman–Crippen LogP) is 1.47. The highest BCUT2D eigenvalue weighted by Crippen LogP contribution is 2.27. The fraction of sp³-hybridized carbons (Fsp3) is 0.353. The Balaban J connectivity index is 1.42. The molecular formula is C17H18FN5O2. The molecule has 3 aromatic rings. The normalized spacial score (nSPS) is 23.2. The van der Waals surface area contributed by atoms with Crippen molar-refractivity contribution in [3.05, 3.63) is 48.3 Å². The summed E-state index contributed by atoms with van der Waals surface area (Å²) in [5.74, 6) is -0.440. The number of carbonyl (C=O) groups excluding carboxylic acids is 1. The van der Waals surface area contributed by atoms with Crippen LogP contribution >= 0.6 is 0 Å². The molecule has 7 nitrogen and oxygen atoms in total. The van der Waals surface area contributed by atoms with E-state index in [0.717, 1.165) is 0 Å². The van der Waals surface area contributed by atoms with Gasteiger partial charge in [0.25, 0.3) is 5.91 Å². The molecule has 25 heavy (non-hydrogen) atoms. The van der Waals surface area contributed by atoms with Crippen LogP contribution < -0.4 is 5.32 Å². The number of hydrogen-bond donors (Lipinski definition) is 3. The largest absolute Gasteiger partial charge is 0.391 e. The van der Waals surface area contributed by atoms with Crippen molar-refractivity contribution in [2.24, 2.45) is 5.92 Å². The molecule has 1 aliphatic carbocycles. The van der Waals surface area contributed by atoms with E-state index in [2.05, 4.69) is 20.4 Å². The van der Waals surface area contributed by atoms with Crippen LogP contribution in [0.15, 0.2) is 36.7 Å². The van der Waals surface area contributed by atoms with E-state index >= 15 is 0 Å². The first kappa shape index (κ1) is 15.8. The van der Waals surface area contributed by atoms with E-state index < -0.39 is 17.8 Å². The number of aromatic nitrogens is 4. The number of rotatable bonds is 4. The lowest BCUT2D eigenvalue weighted by atomic mass is 10.1. The number of nitrogens with zero attached hydrogens (tertiary/aromatic N) is 3. The third-order valence-corrected chi connectivity index (χ3v) is 4.61. The Morgan fingerprint density at radius 1 is 1.44 bits per heavy atom. The lowest BCUT2D eigenvalue weighted by molar-refractivity contribution is 0.0864. The van der Waals surface area contributed by atoms with Crippen LogP contribution in [0.3, 0.4) is 0 Å². The molecule has 1 amide bonds. The van der Waals surface area contributed by atoms with E-state index in [-0.39, 0.29) is 17.8 Å². The van der Waals surface area contributed by atoms with Crippen LogP contribution in [0, 0.1) is 11.7 Å². The Bertz CT molecular complexity index is 892. The first-order valence-electron chi connectivity index (χ1n) is 8.20. The number of aliphatic hydroxyl groups excluding tert-OH is 1. The molecule has 0 bridgehead atoms. The number of fused-ring (bicyclic) bond motifs is 1.